The van der Waals surface area contributed by atoms with Gasteiger partial charge in [0.05, 0.1) is 5.57 Å². The Morgan fingerprint density at radius 2 is 1.67 bits per heavy atom. The Morgan fingerprint density at radius 1 is 1.07 bits per heavy atom. The number of hydrogen-bond acceptors (Lipinski definition) is 2. The maximum Gasteiger partial charge on any atom is 0.435 e. The summed E-state index contributed by atoms with van der Waals surface area (Å²) in [5, 5.41) is 8.99. The van der Waals surface area contributed by atoms with Crippen LogP contribution >= 0.6 is 0 Å². The molecule has 2 rings (SSSR count). The van der Waals surface area contributed by atoms with Gasteiger partial charge < -0.3 is 4.90 Å². The number of benzene rings is 1. The van der Waals surface area contributed by atoms with Crippen molar-refractivity contribution in [3.8, 4) is 6.07 Å². The summed E-state index contributed by atoms with van der Waals surface area (Å²) in [6, 6.07) is 3.07. The lowest BCUT2D eigenvalue weighted by Crippen LogP contribution is -2.50. The van der Waals surface area contributed by atoms with Crippen LogP contribution in [0.4, 0.5) is 36.4 Å². The average Bonchev–Trinajstić information content (AvgIpc) is 2.58. The number of aryl methyl sites for hydroxylation is 2. The molecule has 146 valence electrons. The van der Waals surface area contributed by atoms with E-state index in [-0.39, 0.29) is 29.7 Å². The first kappa shape index (κ1) is 20.8. The van der Waals surface area contributed by atoms with Crippen LogP contribution in [0.5, 0.6) is 0 Å². The van der Waals surface area contributed by atoms with Crippen molar-refractivity contribution < 1.29 is 30.7 Å². The van der Waals surface area contributed by atoms with Crippen LogP contribution in [-0.2, 0) is 12.1 Å². The van der Waals surface area contributed by atoms with Gasteiger partial charge in [-0.25, -0.2) is 4.39 Å². The summed E-state index contributed by atoms with van der Waals surface area (Å²) >= 11 is 0. The molecule has 1 aromatic carbocycles. The highest BCUT2D eigenvalue weighted by Crippen LogP contribution is 2.54. The quantitative estimate of drug-likeness (QED) is 0.624. The van der Waals surface area contributed by atoms with Crippen LogP contribution in [0.3, 0.4) is 0 Å². The predicted molar refractivity (Wildman–Crippen MR) is 85.6 cm³/mol. The number of allylic oxidation sites excluding steroid dienone is 2. The van der Waals surface area contributed by atoms with E-state index in [1.165, 1.54) is 24.9 Å². The fourth-order valence-corrected chi connectivity index (χ4v) is 3.00. The highest BCUT2D eigenvalue weighted by molar-refractivity contribution is 5.65. The summed E-state index contributed by atoms with van der Waals surface area (Å²) in [5.74, 6) is 0. The monoisotopic (exact) mass is 392 g/mol. The van der Waals surface area contributed by atoms with Gasteiger partial charge in [-0.2, -0.15) is 31.6 Å². The molecule has 27 heavy (non-hydrogen) atoms. The highest BCUT2D eigenvalue weighted by Gasteiger charge is 2.73. The third-order valence-corrected chi connectivity index (χ3v) is 4.25. The zero-order chi connectivity index (χ0) is 20.6. The zero-order valence-corrected chi connectivity index (χ0v) is 14.3. The van der Waals surface area contributed by atoms with E-state index in [4.69, 9.17) is 5.26 Å². The molecule has 0 bridgehead atoms. The lowest BCUT2D eigenvalue weighted by atomic mass is 9.89. The smallest absolute Gasteiger partial charge is 0.342 e. The van der Waals surface area contributed by atoms with Crippen LogP contribution in [-0.4, -0.2) is 18.9 Å². The Bertz CT molecular complexity index is 812. The van der Waals surface area contributed by atoms with Crippen molar-refractivity contribution in [1.29, 1.82) is 5.26 Å². The molecule has 0 aliphatic carbocycles. The van der Waals surface area contributed by atoms with Crippen LogP contribution < -0.4 is 4.90 Å². The molecular formula is C18H15F7N2. The van der Waals surface area contributed by atoms with Gasteiger partial charge in [-0.3, -0.25) is 0 Å². The van der Waals surface area contributed by atoms with Gasteiger partial charge in [-0.15, -0.1) is 0 Å². The molecule has 0 spiro atoms. The maximum absolute atomic E-state index is 14.4. The summed E-state index contributed by atoms with van der Waals surface area (Å²) in [6.07, 6.45) is -7.62. The molecule has 0 saturated heterocycles. The molecule has 0 saturated carbocycles. The van der Waals surface area contributed by atoms with E-state index in [2.05, 4.69) is 0 Å². The summed E-state index contributed by atoms with van der Waals surface area (Å²) < 4.78 is 92.7. The van der Waals surface area contributed by atoms with Crippen LogP contribution in [0.15, 0.2) is 36.1 Å². The van der Waals surface area contributed by atoms with E-state index in [0.717, 1.165) is 0 Å². The molecule has 0 amide bonds. The normalized spacial score (nSPS) is 15.6. The molecule has 1 aliphatic heterocycles. The second-order valence-corrected chi connectivity index (χ2v) is 6.06. The Hall–Kier alpha value is -2.50. The summed E-state index contributed by atoms with van der Waals surface area (Å²) in [4.78, 5) is 1.54. The van der Waals surface area contributed by atoms with E-state index in [9.17, 15) is 30.7 Å². The van der Waals surface area contributed by atoms with E-state index in [1.807, 2.05) is 6.07 Å². The van der Waals surface area contributed by atoms with Gasteiger partial charge in [-0.1, -0.05) is 19.1 Å². The minimum absolute atomic E-state index is 0.0451. The molecule has 0 unspecified atom stereocenters. The molecule has 1 heterocycles. The van der Waals surface area contributed by atoms with Crippen molar-refractivity contribution in [2.45, 2.75) is 38.3 Å². The second-order valence-electron chi connectivity index (χ2n) is 6.06. The van der Waals surface area contributed by atoms with Crippen LogP contribution in [0.25, 0.3) is 0 Å². The zero-order valence-electron chi connectivity index (χ0n) is 14.3. The van der Waals surface area contributed by atoms with E-state index < -0.39 is 23.6 Å². The largest absolute Gasteiger partial charge is 0.435 e. The number of halogens is 7. The van der Waals surface area contributed by atoms with Crippen molar-refractivity contribution in [3.05, 3.63) is 52.7 Å². The van der Waals surface area contributed by atoms with Crippen molar-refractivity contribution >= 4 is 5.69 Å². The van der Waals surface area contributed by atoms with Crippen molar-refractivity contribution in [1.82, 2.24) is 0 Å². The third-order valence-electron chi connectivity index (χ3n) is 4.25. The molecular weight excluding hydrogens is 377 g/mol. The van der Waals surface area contributed by atoms with Crippen molar-refractivity contribution in [3.63, 3.8) is 0 Å². The summed E-state index contributed by atoms with van der Waals surface area (Å²) in [7, 11) is 0. The van der Waals surface area contributed by atoms with Crippen molar-refractivity contribution in [2.24, 2.45) is 0 Å². The molecule has 0 N–H and O–H groups in total. The Morgan fingerprint density at radius 3 is 2.15 bits per heavy atom. The standard InChI is InChI=1S/C18H15F7N2/c1-3-13-8-14(16(19,17(20,21)22)18(23,24)25)7-11(2)15(13)27-6-4-5-12(9-26)10-27/h4-5,7-8,10H,3,6H2,1-2H3. The van der Waals surface area contributed by atoms with Gasteiger partial charge in [0, 0.05) is 24.0 Å². The lowest BCUT2D eigenvalue weighted by Gasteiger charge is -2.33. The number of nitriles is 1. The summed E-state index contributed by atoms with van der Waals surface area (Å²) in [5.41, 5.74) is -6.18. The highest BCUT2D eigenvalue weighted by atomic mass is 19.4. The fraction of sp³-hybridized carbons (Fsp3) is 0.389. The van der Waals surface area contributed by atoms with E-state index >= 15 is 0 Å². The first-order valence-corrected chi connectivity index (χ1v) is 7.88. The minimum Gasteiger partial charge on any atom is -0.342 e. The first-order chi connectivity index (χ1) is 12.4. The second kappa shape index (κ2) is 6.91. The Labute approximate surface area is 151 Å². The van der Waals surface area contributed by atoms with Gasteiger partial charge in [0.1, 0.15) is 6.07 Å². The molecule has 0 aromatic heterocycles. The van der Waals surface area contributed by atoms with Gasteiger partial charge in [0.2, 0.25) is 0 Å². The molecule has 0 fully saturated rings. The number of hydrogen-bond donors (Lipinski definition) is 0. The van der Waals surface area contributed by atoms with Crippen LogP contribution in [0.2, 0.25) is 0 Å². The topological polar surface area (TPSA) is 27.0 Å². The molecule has 9 heteroatoms. The van der Waals surface area contributed by atoms with Gasteiger partial charge in [0.25, 0.3) is 0 Å². The molecule has 1 aliphatic rings. The summed E-state index contributed by atoms with van der Waals surface area (Å²) in [6.45, 7) is 3.12. The van der Waals surface area contributed by atoms with Crippen molar-refractivity contribution in [2.75, 3.05) is 11.4 Å². The number of nitrogens with zero attached hydrogens (tertiary/aromatic N) is 2. The van der Waals surface area contributed by atoms with E-state index in [0.29, 0.717) is 17.8 Å². The fourth-order valence-electron chi connectivity index (χ4n) is 3.00. The third kappa shape index (κ3) is 3.53. The van der Waals surface area contributed by atoms with Gasteiger partial charge in [-0.05, 0) is 36.6 Å². The molecule has 2 nitrogen and oxygen atoms in total. The maximum atomic E-state index is 14.4. The molecule has 0 atom stereocenters. The molecule has 1 aromatic rings. The van der Waals surface area contributed by atoms with E-state index in [1.54, 1.807) is 12.2 Å². The minimum atomic E-state index is -6.16. The van der Waals surface area contributed by atoms with Gasteiger partial charge in [0.15, 0.2) is 0 Å². The average molecular weight is 392 g/mol. The number of anilines is 1. The Kier molecular flexibility index (Phi) is 5.32. The lowest BCUT2D eigenvalue weighted by molar-refractivity contribution is -0.348. The number of alkyl halides is 7. The van der Waals surface area contributed by atoms with Gasteiger partial charge >= 0.3 is 18.0 Å². The number of rotatable bonds is 3. The predicted octanol–water partition coefficient (Wildman–Crippen LogP) is 5.63. The first-order valence-electron chi connectivity index (χ1n) is 7.88. The Balaban J connectivity index is 2.68. The van der Waals surface area contributed by atoms with Crippen LogP contribution in [0.1, 0.15) is 23.6 Å². The SMILES string of the molecule is CCc1cc(C(F)(C(F)(F)F)C(F)(F)F)cc(C)c1N1C=C(C#N)C=CC1. The van der Waals surface area contributed by atoms with Crippen LogP contribution in [0, 0.1) is 18.3 Å². The molecule has 0 radical (unpaired) electrons.